The minimum absolute atomic E-state index is 0.310. The smallest absolute Gasteiger partial charge is 0.244 e. The highest BCUT2D eigenvalue weighted by Crippen LogP contribution is 2.05. The molecule has 0 fully saturated rings. The Morgan fingerprint density at radius 2 is 2.16 bits per heavy atom. The molecule has 100 valence electrons. The van der Waals surface area contributed by atoms with Gasteiger partial charge in [0, 0.05) is 0 Å². The Morgan fingerprint density at radius 3 is 2.84 bits per heavy atom. The molecule has 0 spiro atoms. The molecule has 7 heteroatoms. The third-order valence-electron chi connectivity index (χ3n) is 2.51. The van der Waals surface area contributed by atoms with Crippen molar-refractivity contribution in [2.24, 2.45) is 5.73 Å². The number of aliphatic hydroxyl groups is 1. The summed E-state index contributed by atoms with van der Waals surface area (Å²) in [4.78, 5) is 11.4. The molecular weight excluding hydrogens is 246 g/mol. The lowest BCUT2D eigenvalue weighted by atomic mass is 10.2. The van der Waals surface area contributed by atoms with Gasteiger partial charge in [0.1, 0.15) is 6.04 Å². The van der Waals surface area contributed by atoms with Gasteiger partial charge in [0.05, 0.1) is 19.3 Å². The van der Waals surface area contributed by atoms with E-state index in [4.69, 9.17) is 10.8 Å². The highest BCUT2D eigenvalue weighted by atomic mass is 16.3. The van der Waals surface area contributed by atoms with Crippen molar-refractivity contribution in [3.8, 4) is 0 Å². The summed E-state index contributed by atoms with van der Waals surface area (Å²) in [6.07, 6.45) is 1.61. The van der Waals surface area contributed by atoms with Gasteiger partial charge >= 0.3 is 0 Å². The Labute approximate surface area is 110 Å². The molecule has 7 nitrogen and oxygen atoms in total. The van der Waals surface area contributed by atoms with E-state index in [1.165, 1.54) is 0 Å². The molecule has 1 aromatic carbocycles. The average molecular weight is 261 g/mol. The molecule has 0 aliphatic rings. The topological polar surface area (TPSA) is 106 Å². The maximum atomic E-state index is 11.4. The first-order valence-corrected chi connectivity index (χ1v) is 5.80. The van der Waals surface area contributed by atoms with Crippen molar-refractivity contribution >= 4 is 11.7 Å². The van der Waals surface area contributed by atoms with Crippen LogP contribution in [0.25, 0.3) is 0 Å². The van der Waals surface area contributed by atoms with Gasteiger partial charge in [-0.25, -0.2) is 4.68 Å². The van der Waals surface area contributed by atoms with E-state index < -0.39 is 18.6 Å². The summed E-state index contributed by atoms with van der Waals surface area (Å²) in [5.41, 5.74) is 6.46. The summed E-state index contributed by atoms with van der Waals surface area (Å²) < 4.78 is 1.61. The predicted octanol–water partition coefficient (Wildman–Crippen LogP) is -0.416. The molecule has 1 aromatic heterocycles. The first kappa shape index (κ1) is 13.2. The quantitative estimate of drug-likeness (QED) is 0.678. The van der Waals surface area contributed by atoms with Gasteiger partial charge in [-0.15, -0.1) is 5.10 Å². The number of amides is 1. The van der Waals surface area contributed by atoms with E-state index in [1.54, 1.807) is 10.9 Å². The molecular formula is C12H15N5O2. The van der Waals surface area contributed by atoms with Crippen LogP contribution in [0.15, 0.2) is 36.5 Å². The number of nitrogens with one attached hydrogen (secondary N) is 1. The second kappa shape index (κ2) is 6.07. The molecule has 2 rings (SSSR count). The van der Waals surface area contributed by atoms with Crippen LogP contribution in [0, 0.1) is 0 Å². The second-order valence-corrected chi connectivity index (χ2v) is 4.07. The normalized spacial score (nSPS) is 12.1. The van der Waals surface area contributed by atoms with E-state index >= 15 is 0 Å². The van der Waals surface area contributed by atoms with E-state index in [1.807, 2.05) is 30.3 Å². The zero-order valence-corrected chi connectivity index (χ0v) is 10.2. The number of aliphatic hydroxyl groups excluding tert-OH is 1. The number of rotatable bonds is 5. The Hall–Kier alpha value is -2.25. The van der Waals surface area contributed by atoms with Crippen LogP contribution in [0.1, 0.15) is 5.56 Å². The van der Waals surface area contributed by atoms with E-state index in [9.17, 15) is 4.79 Å². The number of anilines is 1. The summed E-state index contributed by atoms with van der Waals surface area (Å²) in [7, 11) is 0. The molecule has 0 bridgehead atoms. The van der Waals surface area contributed by atoms with E-state index in [0.717, 1.165) is 5.56 Å². The number of nitrogens with zero attached hydrogens (tertiary/aromatic N) is 3. The summed E-state index contributed by atoms with van der Waals surface area (Å²) >= 11 is 0. The molecule has 0 saturated carbocycles. The van der Waals surface area contributed by atoms with Crippen LogP contribution in [0.2, 0.25) is 0 Å². The van der Waals surface area contributed by atoms with Crippen molar-refractivity contribution in [3.63, 3.8) is 0 Å². The predicted molar refractivity (Wildman–Crippen MR) is 69.3 cm³/mol. The first-order valence-electron chi connectivity index (χ1n) is 5.80. The van der Waals surface area contributed by atoms with E-state index in [0.29, 0.717) is 12.4 Å². The maximum Gasteiger partial charge on any atom is 0.244 e. The molecule has 0 radical (unpaired) electrons. The molecule has 1 amide bonds. The fraction of sp³-hybridized carbons (Fsp3) is 0.250. The van der Waals surface area contributed by atoms with Gasteiger partial charge in [-0.2, -0.15) is 0 Å². The number of hydrogen-bond acceptors (Lipinski definition) is 5. The minimum Gasteiger partial charge on any atom is -0.394 e. The maximum absolute atomic E-state index is 11.4. The van der Waals surface area contributed by atoms with Crippen molar-refractivity contribution < 1.29 is 9.90 Å². The van der Waals surface area contributed by atoms with Crippen LogP contribution >= 0.6 is 0 Å². The van der Waals surface area contributed by atoms with E-state index in [2.05, 4.69) is 15.6 Å². The number of aromatic nitrogens is 3. The summed E-state index contributed by atoms with van der Waals surface area (Å²) in [5, 5.41) is 18.9. The van der Waals surface area contributed by atoms with Gasteiger partial charge in [0.15, 0.2) is 5.82 Å². The Bertz CT molecular complexity index is 540. The fourth-order valence-electron chi connectivity index (χ4n) is 1.51. The van der Waals surface area contributed by atoms with Gasteiger partial charge < -0.3 is 16.2 Å². The Morgan fingerprint density at radius 1 is 1.42 bits per heavy atom. The zero-order chi connectivity index (χ0) is 13.7. The number of benzene rings is 1. The van der Waals surface area contributed by atoms with Crippen LogP contribution in [-0.2, 0) is 11.3 Å². The molecule has 2 aromatic rings. The summed E-state index contributed by atoms with van der Waals surface area (Å²) in [6.45, 7) is 0.153. The molecule has 0 unspecified atom stereocenters. The van der Waals surface area contributed by atoms with Gasteiger partial charge in [-0.3, -0.25) is 4.79 Å². The number of hydrogen-bond donors (Lipinski definition) is 3. The SMILES string of the molecule is N[C@H](CO)C(=O)Nc1cn(Cc2ccccc2)nn1. The lowest BCUT2D eigenvalue weighted by molar-refractivity contribution is -0.118. The van der Waals surface area contributed by atoms with Crippen LogP contribution in [-0.4, -0.2) is 38.7 Å². The standard InChI is InChI=1S/C12H15N5O2/c13-10(8-18)12(19)14-11-7-17(16-15-11)6-9-4-2-1-3-5-9/h1-5,7,10,18H,6,8,13H2,(H,14,19)/t10-/m1/s1. The molecule has 4 N–H and O–H groups in total. The summed E-state index contributed by atoms with van der Waals surface area (Å²) in [5.74, 6) is -0.181. The summed E-state index contributed by atoms with van der Waals surface area (Å²) in [6, 6.07) is 8.81. The Balaban J connectivity index is 1.98. The van der Waals surface area contributed by atoms with Crippen molar-refractivity contribution in [2.45, 2.75) is 12.6 Å². The third-order valence-corrected chi connectivity index (χ3v) is 2.51. The molecule has 0 aliphatic heterocycles. The fourth-order valence-corrected chi connectivity index (χ4v) is 1.51. The van der Waals surface area contributed by atoms with Crippen LogP contribution in [0.4, 0.5) is 5.82 Å². The highest BCUT2D eigenvalue weighted by Gasteiger charge is 2.13. The number of nitrogens with two attached hydrogens (primary N) is 1. The monoisotopic (exact) mass is 261 g/mol. The number of carbonyl (C=O) groups is 1. The van der Waals surface area contributed by atoms with E-state index in [-0.39, 0.29) is 0 Å². The van der Waals surface area contributed by atoms with Crippen LogP contribution in [0.5, 0.6) is 0 Å². The third kappa shape index (κ3) is 3.60. The van der Waals surface area contributed by atoms with Gasteiger partial charge in [-0.05, 0) is 5.56 Å². The minimum atomic E-state index is -0.959. The molecule has 19 heavy (non-hydrogen) atoms. The average Bonchev–Trinajstić information content (AvgIpc) is 2.86. The first-order chi connectivity index (χ1) is 9.19. The van der Waals surface area contributed by atoms with Crippen LogP contribution < -0.4 is 11.1 Å². The number of carbonyl (C=O) groups excluding carboxylic acids is 1. The molecule has 1 heterocycles. The lowest BCUT2D eigenvalue weighted by Gasteiger charge is -2.06. The Kier molecular flexibility index (Phi) is 4.22. The van der Waals surface area contributed by atoms with Gasteiger partial charge in [-0.1, -0.05) is 35.5 Å². The lowest BCUT2D eigenvalue weighted by Crippen LogP contribution is -2.38. The van der Waals surface area contributed by atoms with Crippen molar-refractivity contribution in [1.29, 1.82) is 0 Å². The second-order valence-electron chi connectivity index (χ2n) is 4.07. The zero-order valence-electron chi connectivity index (χ0n) is 10.2. The molecule has 0 saturated heterocycles. The highest BCUT2D eigenvalue weighted by molar-refractivity contribution is 5.93. The van der Waals surface area contributed by atoms with Crippen molar-refractivity contribution in [3.05, 3.63) is 42.1 Å². The molecule has 0 aliphatic carbocycles. The van der Waals surface area contributed by atoms with Crippen molar-refractivity contribution in [2.75, 3.05) is 11.9 Å². The van der Waals surface area contributed by atoms with Gasteiger partial charge in [0.2, 0.25) is 5.91 Å². The largest absolute Gasteiger partial charge is 0.394 e. The molecule has 1 atom stereocenters. The van der Waals surface area contributed by atoms with Crippen LogP contribution in [0.3, 0.4) is 0 Å². The van der Waals surface area contributed by atoms with Gasteiger partial charge in [0.25, 0.3) is 0 Å². The van der Waals surface area contributed by atoms with Crippen molar-refractivity contribution in [1.82, 2.24) is 15.0 Å².